The van der Waals surface area contributed by atoms with Crippen LogP contribution in [0.5, 0.6) is 0 Å². The summed E-state index contributed by atoms with van der Waals surface area (Å²) in [6, 6.07) is 0. The highest BCUT2D eigenvalue weighted by molar-refractivity contribution is 5.90. The van der Waals surface area contributed by atoms with Crippen molar-refractivity contribution in [2.24, 2.45) is 16.7 Å². The molecule has 0 aromatic carbocycles. The summed E-state index contributed by atoms with van der Waals surface area (Å²) in [5, 5.41) is 0. The molecular formula is C13H22O3. The summed E-state index contributed by atoms with van der Waals surface area (Å²) in [6.45, 7) is 10.2. The molecule has 0 bridgehead atoms. The summed E-state index contributed by atoms with van der Waals surface area (Å²) >= 11 is 0. The van der Waals surface area contributed by atoms with Crippen molar-refractivity contribution < 1.29 is 14.3 Å². The van der Waals surface area contributed by atoms with Crippen molar-refractivity contribution in [2.45, 2.75) is 47.5 Å². The first kappa shape index (κ1) is 13.2. The molecule has 1 aliphatic rings. The first-order chi connectivity index (χ1) is 7.21. The van der Waals surface area contributed by atoms with Crippen LogP contribution in [-0.4, -0.2) is 18.4 Å². The highest BCUT2D eigenvalue weighted by Crippen LogP contribution is 2.40. The van der Waals surface area contributed by atoms with Crippen molar-refractivity contribution in [1.29, 1.82) is 0 Å². The molecule has 1 saturated heterocycles. The lowest BCUT2D eigenvalue weighted by atomic mass is 9.66. The van der Waals surface area contributed by atoms with Gasteiger partial charge < -0.3 is 4.74 Å². The number of hydrogen-bond donors (Lipinski definition) is 0. The maximum absolute atomic E-state index is 12.4. The number of hydrogen-bond acceptors (Lipinski definition) is 3. The van der Waals surface area contributed by atoms with Crippen molar-refractivity contribution >= 4 is 11.8 Å². The number of cyclic esters (lactones) is 1. The third-order valence-electron chi connectivity index (χ3n) is 3.96. The fraction of sp³-hybridized carbons (Fsp3) is 0.846. The topological polar surface area (TPSA) is 43.4 Å². The van der Waals surface area contributed by atoms with Crippen LogP contribution >= 0.6 is 0 Å². The van der Waals surface area contributed by atoms with Crippen LogP contribution < -0.4 is 0 Å². The summed E-state index contributed by atoms with van der Waals surface area (Å²) < 4.78 is 4.96. The molecule has 0 aromatic heterocycles. The van der Waals surface area contributed by atoms with Gasteiger partial charge in [0.1, 0.15) is 5.78 Å². The maximum Gasteiger partial charge on any atom is 0.306 e. The predicted octanol–water partition coefficient (Wildman–Crippen LogP) is 2.58. The number of rotatable bonds is 4. The number of ketones is 1. The zero-order valence-corrected chi connectivity index (χ0v) is 10.9. The fourth-order valence-electron chi connectivity index (χ4n) is 2.19. The molecule has 1 unspecified atom stereocenters. The molecule has 1 rings (SSSR count). The smallest absolute Gasteiger partial charge is 0.306 e. The molecule has 0 saturated carbocycles. The van der Waals surface area contributed by atoms with E-state index in [-0.39, 0.29) is 23.1 Å². The molecule has 1 atom stereocenters. The minimum Gasteiger partial charge on any atom is -0.465 e. The second-order valence-electron chi connectivity index (χ2n) is 5.87. The van der Waals surface area contributed by atoms with Gasteiger partial charge in [0.25, 0.3) is 0 Å². The van der Waals surface area contributed by atoms with Gasteiger partial charge in [0.15, 0.2) is 0 Å². The van der Waals surface area contributed by atoms with Crippen LogP contribution in [0.15, 0.2) is 0 Å². The minimum absolute atomic E-state index is 0.0262. The molecule has 1 fully saturated rings. The lowest BCUT2D eigenvalue weighted by molar-refractivity contribution is -0.139. The minimum atomic E-state index is -0.480. The van der Waals surface area contributed by atoms with Crippen LogP contribution in [0.25, 0.3) is 0 Å². The van der Waals surface area contributed by atoms with Crippen LogP contribution in [0.2, 0.25) is 0 Å². The number of carbonyl (C=O) groups is 2. The van der Waals surface area contributed by atoms with Gasteiger partial charge >= 0.3 is 5.97 Å². The highest BCUT2D eigenvalue weighted by Gasteiger charge is 2.46. The number of esters is 1. The first-order valence-corrected chi connectivity index (χ1v) is 5.92. The highest BCUT2D eigenvalue weighted by atomic mass is 16.5. The zero-order chi connectivity index (χ0) is 12.6. The largest absolute Gasteiger partial charge is 0.465 e. The first-order valence-electron chi connectivity index (χ1n) is 5.92. The Kier molecular flexibility index (Phi) is 3.46. The van der Waals surface area contributed by atoms with Gasteiger partial charge in [-0.15, -0.1) is 0 Å². The molecule has 0 aromatic rings. The quantitative estimate of drug-likeness (QED) is 0.692. The van der Waals surface area contributed by atoms with E-state index in [9.17, 15) is 9.59 Å². The van der Waals surface area contributed by atoms with Crippen molar-refractivity contribution in [3.8, 4) is 0 Å². The van der Waals surface area contributed by atoms with E-state index in [1.165, 1.54) is 0 Å². The van der Waals surface area contributed by atoms with E-state index in [0.717, 1.165) is 6.42 Å². The Morgan fingerprint density at radius 3 is 2.31 bits per heavy atom. The molecule has 1 heterocycles. The molecule has 0 N–H and O–H groups in total. The maximum atomic E-state index is 12.4. The van der Waals surface area contributed by atoms with Gasteiger partial charge in [-0.25, -0.2) is 0 Å². The summed E-state index contributed by atoms with van der Waals surface area (Å²) in [5.74, 6) is 0.0734. The van der Waals surface area contributed by atoms with Crippen LogP contribution in [0, 0.1) is 16.7 Å². The van der Waals surface area contributed by atoms with E-state index in [2.05, 4.69) is 0 Å². The van der Waals surface area contributed by atoms with E-state index in [0.29, 0.717) is 13.0 Å². The van der Waals surface area contributed by atoms with Crippen molar-refractivity contribution in [1.82, 2.24) is 0 Å². The zero-order valence-electron chi connectivity index (χ0n) is 10.9. The SMILES string of the molecule is CCC(C)(C)C(=O)C(C)(C)C1COC(=O)C1. The molecular weight excluding hydrogens is 204 g/mol. The summed E-state index contributed by atoms with van der Waals surface area (Å²) in [5.41, 5.74) is -0.805. The second-order valence-corrected chi connectivity index (χ2v) is 5.87. The Morgan fingerprint density at radius 1 is 1.38 bits per heavy atom. The summed E-state index contributed by atoms with van der Waals surface area (Å²) in [4.78, 5) is 23.6. The van der Waals surface area contributed by atoms with Gasteiger partial charge in [0.05, 0.1) is 13.0 Å². The molecule has 16 heavy (non-hydrogen) atoms. The van der Waals surface area contributed by atoms with Gasteiger partial charge in [-0.05, 0) is 6.42 Å². The van der Waals surface area contributed by atoms with Gasteiger partial charge in [0, 0.05) is 16.7 Å². The molecule has 1 aliphatic heterocycles. The fourth-order valence-corrected chi connectivity index (χ4v) is 2.19. The lowest BCUT2D eigenvalue weighted by Gasteiger charge is -2.35. The Labute approximate surface area is 97.5 Å². The van der Waals surface area contributed by atoms with E-state index in [4.69, 9.17) is 4.74 Å². The molecule has 0 spiro atoms. The van der Waals surface area contributed by atoms with Crippen LogP contribution in [0.3, 0.4) is 0 Å². The van der Waals surface area contributed by atoms with Crippen LogP contribution in [0.4, 0.5) is 0 Å². The third-order valence-corrected chi connectivity index (χ3v) is 3.96. The molecule has 3 nitrogen and oxygen atoms in total. The van der Waals surface area contributed by atoms with E-state index in [1.807, 2.05) is 34.6 Å². The third kappa shape index (κ3) is 2.28. The van der Waals surface area contributed by atoms with Gasteiger partial charge in [0.2, 0.25) is 0 Å². The Balaban J connectivity index is 2.85. The second kappa shape index (κ2) is 4.19. The number of Topliss-reactive ketones (excluding diaryl/α,β-unsaturated/α-hetero) is 1. The summed E-state index contributed by atoms with van der Waals surface area (Å²) in [6.07, 6.45) is 1.19. The van der Waals surface area contributed by atoms with Crippen molar-refractivity contribution in [2.75, 3.05) is 6.61 Å². The van der Waals surface area contributed by atoms with Gasteiger partial charge in [-0.2, -0.15) is 0 Å². The Hall–Kier alpha value is -0.860. The standard InChI is InChI=1S/C13H22O3/c1-6-12(2,3)11(15)13(4,5)9-7-10(14)16-8-9/h9H,6-8H2,1-5H3. The van der Waals surface area contributed by atoms with Crippen molar-refractivity contribution in [3.63, 3.8) is 0 Å². The molecule has 92 valence electrons. The molecule has 3 heteroatoms. The van der Waals surface area contributed by atoms with E-state index >= 15 is 0 Å². The number of ether oxygens (including phenoxy) is 1. The molecule has 0 amide bonds. The van der Waals surface area contributed by atoms with Gasteiger partial charge in [-0.3, -0.25) is 9.59 Å². The van der Waals surface area contributed by atoms with Crippen LogP contribution in [0.1, 0.15) is 47.5 Å². The Bertz CT molecular complexity index is 302. The average molecular weight is 226 g/mol. The number of carbonyl (C=O) groups excluding carboxylic acids is 2. The van der Waals surface area contributed by atoms with Gasteiger partial charge in [-0.1, -0.05) is 34.6 Å². The Morgan fingerprint density at radius 2 is 1.94 bits per heavy atom. The van der Waals surface area contributed by atoms with E-state index in [1.54, 1.807) is 0 Å². The molecule has 0 aliphatic carbocycles. The normalized spacial score (nSPS) is 22.1. The van der Waals surface area contributed by atoms with E-state index < -0.39 is 5.41 Å². The monoisotopic (exact) mass is 226 g/mol. The molecule has 0 radical (unpaired) electrons. The average Bonchev–Trinajstić information content (AvgIpc) is 2.64. The van der Waals surface area contributed by atoms with Crippen molar-refractivity contribution in [3.05, 3.63) is 0 Å². The lowest BCUT2D eigenvalue weighted by Crippen LogP contribution is -2.41. The predicted molar refractivity (Wildman–Crippen MR) is 61.9 cm³/mol. The summed E-state index contributed by atoms with van der Waals surface area (Å²) in [7, 11) is 0. The van der Waals surface area contributed by atoms with Crippen LogP contribution in [-0.2, 0) is 14.3 Å².